The number of halogens is 1. The predicted octanol–water partition coefficient (Wildman–Crippen LogP) is 1.69. The van der Waals surface area contributed by atoms with E-state index in [9.17, 15) is 4.79 Å². The van der Waals surface area contributed by atoms with Gasteiger partial charge in [-0.15, -0.1) is 0 Å². The fraction of sp³-hybridized carbons (Fsp3) is 0.133. The van der Waals surface area contributed by atoms with Crippen molar-refractivity contribution < 1.29 is 4.79 Å². The second-order valence-corrected chi connectivity index (χ2v) is 5.81. The molecule has 0 aliphatic carbocycles. The van der Waals surface area contributed by atoms with Crippen LogP contribution in [0, 0.1) is 12.8 Å². The van der Waals surface area contributed by atoms with Gasteiger partial charge in [0.15, 0.2) is 5.84 Å². The van der Waals surface area contributed by atoms with Crippen molar-refractivity contribution in [2.75, 3.05) is 10.7 Å². The molecular weight excluding hydrogens is 330 g/mol. The first-order chi connectivity index (χ1) is 11.5. The summed E-state index contributed by atoms with van der Waals surface area (Å²) in [6, 6.07) is 8.77. The highest BCUT2D eigenvalue weighted by atomic mass is 35.5. The monoisotopic (exact) mass is 341 g/mol. The van der Waals surface area contributed by atoms with Gasteiger partial charge in [-0.3, -0.25) is 4.79 Å². The first-order valence-corrected chi connectivity index (χ1v) is 7.54. The Hall–Kier alpha value is -3.00. The van der Waals surface area contributed by atoms with Crippen molar-refractivity contribution in [3.63, 3.8) is 0 Å². The van der Waals surface area contributed by atoms with E-state index >= 15 is 0 Å². The number of carbonyl (C=O) groups excluding carboxylic acids is 1. The second-order valence-electron chi connectivity index (χ2n) is 5.37. The molecule has 0 saturated carbocycles. The number of fused-ring (bicyclic) bond motifs is 1. The number of aryl methyl sites for hydroxylation is 1. The SMILES string of the molecule is Cc1cc(N)n(C2=NC(=O)C3C=NN(c4ccc(Cl)cc4)C3=N2)n1. The molecular formula is C15H12ClN7O. The number of benzene rings is 1. The van der Waals surface area contributed by atoms with Gasteiger partial charge in [0, 0.05) is 17.3 Å². The minimum atomic E-state index is -0.609. The van der Waals surface area contributed by atoms with Gasteiger partial charge in [0.05, 0.1) is 11.4 Å². The average molecular weight is 342 g/mol. The molecule has 8 nitrogen and oxygen atoms in total. The van der Waals surface area contributed by atoms with Gasteiger partial charge in [0.2, 0.25) is 0 Å². The van der Waals surface area contributed by atoms with E-state index < -0.39 is 5.92 Å². The van der Waals surface area contributed by atoms with E-state index in [2.05, 4.69) is 20.2 Å². The highest BCUT2D eigenvalue weighted by Crippen LogP contribution is 2.26. The molecule has 1 aromatic heterocycles. The molecule has 120 valence electrons. The van der Waals surface area contributed by atoms with Gasteiger partial charge >= 0.3 is 0 Å². The molecule has 0 bridgehead atoms. The Morgan fingerprint density at radius 2 is 1.96 bits per heavy atom. The number of anilines is 2. The Kier molecular flexibility index (Phi) is 3.20. The molecule has 0 fully saturated rings. The lowest BCUT2D eigenvalue weighted by molar-refractivity contribution is -0.118. The van der Waals surface area contributed by atoms with Crippen LogP contribution in [0.15, 0.2) is 45.4 Å². The van der Waals surface area contributed by atoms with Gasteiger partial charge in [0.1, 0.15) is 11.7 Å². The maximum Gasteiger partial charge on any atom is 0.265 e. The highest BCUT2D eigenvalue weighted by Gasteiger charge is 2.37. The predicted molar refractivity (Wildman–Crippen MR) is 92.6 cm³/mol. The summed E-state index contributed by atoms with van der Waals surface area (Å²) in [5, 5.41) is 10.7. The Bertz CT molecular complexity index is 926. The van der Waals surface area contributed by atoms with E-state index in [1.807, 2.05) is 0 Å². The molecule has 4 rings (SSSR count). The van der Waals surface area contributed by atoms with Crippen LogP contribution < -0.4 is 10.7 Å². The Morgan fingerprint density at radius 3 is 2.62 bits per heavy atom. The molecule has 24 heavy (non-hydrogen) atoms. The van der Waals surface area contributed by atoms with Crippen LogP contribution in [0.2, 0.25) is 5.02 Å². The number of aliphatic imine (C=N–C) groups is 2. The topological polar surface area (TPSA) is 101 Å². The summed E-state index contributed by atoms with van der Waals surface area (Å²) >= 11 is 5.92. The van der Waals surface area contributed by atoms with Crippen molar-refractivity contribution in [3.8, 4) is 0 Å². The van der Waals surface area contributed by atoms with Crippen LogP contribution >= 0.6 is 11.6 Å². The lowest BCUT2D eigenvalue weighted by atomic mass is 10.1. The zero-order chi connectivity index (χ0) is 16.8. The number of nitrogen functional groups attached to an aromatic ring is 1. The molecule has 1 atom stereocenters. The van der Waals surface area contributed by atoms with Gasteiger partial charge in [-0.2, -0.15) is 24.9 Å². The van der Waals surface area contributed by atoms with Crippen molar-refractivity contribution in [3.05, 3.63) is 41.0 Å². The van der Waals surface area contributed by atoms with E-state index in [0.29, 0.717) is 22.4 Å². The number of hydrogen-bond donors (Lipinski definition) is 1. The molecule has 0 radical (unpaired) electrons. The molecule has 2 aliphatic heterocycles. The van der Waals surface area contributed by atoms with Gasteiger partial charge in [0.25, 0.3) is 11.9 Å². The maximum absolute atomic E-state index is 12.3. The minimum absolute atomic E-state index is 0.126. The van der Waals surface area contributed by atoms with Crippen LogP contribution in [0.1, 0.15) is 5.69 Å². The summed E-state index contributed by atoms with van der Waals surface area (Å²) in [6.07, 6.45) is 1.52. The first-order valence-electron chi connectivity index (χ1n) is 7.16. The number of amidine groups is 1. The molecule has 1 unspecified atom stereocenters. The Morgan fingerprint density at radius 1 is 1.21 bits per heavy atom. The van der Waals surface area contributed by atoms with E-state index in [1.165, 1.54) is 10.9 Å². The van der Waals surface area contributed by atoms with Crippen molar-refractivity contribution in [2.45, 2.75) is 6.92 Å². The number of nitrogens with two attached hydrogens (primary N) is 1. The third kappa shape index (κ3) is 2.28. The molecule has 1 aromatic carbocycles. The number of rotatable bonds is 1. The molecule has 0 saturated heterocycles. The smallest absolute Gasteiger partial charge is 0.265 e. The van der Waals surface area contributed by atoms with E-state index in [0.717, 1.165) is 5.69 Å². The molecule has 2 aliphatic rings. The molecule has 2 aromatic rings. The lowest BCUT2D eigenvalue weighted by Crippen LogP contribution is -2.36. The fourth-order valence-corrected chi connectivity index (χ4v) is 2.66. The third-order valence-electron chi connectivity index (χ3n) is 3.64. The third-order valence-corrected chi connectivity index (χ3v) is 3.89. The zero-order valence-corrected chi connectivity index (χ0v) is 13.3. The van der Waals surface area contributed by atoms with Crippen LogP contribution in [-0.2, 0) is 4.79 Å². The summed E-state index contributed by atoms with van der Waals surface area (Å²) in [5.41, 5.74) is 7.35. The summed E-state index contributed by atoms with van der Waals surface area (Å²) < 4.78 is 1.34. The molecule has 9 heteroatoms. The van der Waals surface area contributed by atoms with Crippen LogP contribution in [0.3, 0.4) is 0 Å². The van der Waals surface area contributed by atoms with Crippen LogP contribution in [0.25, 0.3) is 0 Å². The number of nitrogens with zero attached hydrogens (tertiary/aromatic N) is 6. The number of hydrazone groups is 1. The average Bonchev–Trinajstić information content (AvgIpc) is 3.11. The molecule has 3 heterocycles. The van der Waals surface area contributed by atoms with Crippen molar-refractivity contribution in [1.29, 1.82) is 0 Å². The summed E-state index contributed by atoms with van der Waals surface area (Å²) in [4.78, 5) is 20.8. The van der Waals surface area contributed by atoms with Crippen LogP contribution in [-0.4, -0.2) is 33.7 Å². The van der Waals surface area contributed by atoms with Crippen molar-refractivity contribution in [1.82, 2.24) is 9.78 Å². The molecule has 1 amide bonds. The quantitative estimate of drug-likeness (QED) is 0.852. The number of carbonyl (C=O) groups is 1. The van der Waals surface area contributed by atoms with E-state index in [1.54, 1.807) is 42.3 Å². The second kappa shape index (κ2) is 5.27. The summed E-state index contributed by atoms with van der Waals surface area (Å²) in [6.45, 7) is 1.80. The van der Waals surface area contributed by atoms with Gasteiger partial charge < -0.3 is 5.73 Å². The van der Waals surface area contributed by atoms with Crippen LogP contribution in [0.4, 0.5) is 11.5 Å². The number of aromatic nitrogens is 2. The summed E-state index contributed by atoms with van der Waals surface area (Å²) in [5.74, 6) is -0.0231. The van der Waals surface area contributed by atoms with Gasteiger partial charge in [-0.25, -0.2) is 5.01 Å². The fourth-order valence-electron chi connectivity index (χ4n) is 2.53. The number of amides is 1. The van der Waals surface area contributed by atoms with Crippen molar-refractivity contribution in [2.24, 2.45) is 21.0 Å². The maximum atomic E-state index is 12.3. The minimum Gasteiger partial charge on any atom is -0.383 e. The largest absolute Gasteiger partial charge is 0.383 e. The Balaban J connectivity index is 1.76. The zero-order valence-electron chi connectivity index (χ0n) is 12.6. The summed E-state index contributed by atoms with van der Waals surface area (Å²) in [7, 11) is 0. The highest BCUT2D eigenvalue weighted by molar-refractivity contribution is 6.31. The lowest BCUT2D eigenvalue weighted by Gasteiger charge is -2.20. The number of hydrogen-bond acceptors (Lipinski definition) is 6. The standard InChI is InChI=1S/C15H12ClN7O/c1-8-6-12(17)23(21-8)15-19-13-11(14(24)20-15)7-18-22(13)10-4-2-9(16)3-5-10/h2-7,11H,17H2,1H3. The molecule has 2 N–H and O–H groups in total. The molecule has 0 spiro atoms. The van der Waals surface area contributed by atoms with Crippen molar-refractivity contribution >= 4 is 47.0 Å². The van der Waals surface area contributed by atoms with Gasteiger partial charge in [-0.1, -0.05) is 11.6 Å². The normalized spacial score (nSPS) is 19.3. The first kappa shape index (κ1) is 14.6. The Labute approximate surface area is 141 Å². The van der Waals surface area contributed by atoms with E-state index in [-0.39, 0.29) is 11.9 Å². The van der Waals surface area contributed by atoms with Gasteiger partial charge in [-0.05, 0) is 31.2 Å². The van der Waals surface area contributed by atoms with E-state index in [4.69, 9.17) is 17.3 Å². The van der Waals surface area contributed by atoms with Crippen LogP contribution in [0.5, 0.6) is 0 Å².